The molecule has 0 unspecified atom stereocenters. The van der Waals surface area contributed by atoms with E-state index in [1.54, 1.807) is 24.4 Å². The number of nitrogens with one attached hydrogen (secondary N) is 2. The maximum absolute atomic E-state index is 13.7. The minimum Gasteiger partial charge on any atom is -0.494 e. The number of aromatic nitrogens is 1. The van der Waals surface area contributed by atoms with Gasteiger partial charge in [0, 0.05) is 40.0 Å². The standard InChI is InChI=1S/C20H18F2N2O2/c1-3-7-26-12-5-6-18(24-20(25)4-2)13(8-12)15-11-23-19-10-17(22)16(21)9-14(15)19/h4-6,8-11,23H,2-3,7H2,1H3,(H,24,25). The molecule has 0 spiro atoms. The number of carbonyl (C=O) groups is 1. The summed E-state index contributed by atoms with van der Waals surface area (Å²) in [4.78, 5) is 14.7. The molecule has 0 bridgehead atoms. The van der Waals surface area contributed by atoms with Crippen molar-refractivity contribution in [2.24, 2.45) is 0 Å². The van der Waals surface area contributed by atoms with Crippen molar-refractivity contribution in [1.29, 1.82) is 0 Å². The summed E-state index contributed by atoms with van der Waals surface area (Å²) in [7, 11) is 0. The number of aromatic amines is 1. The molecule has 3 rings (SSSR count). The van der Waals surface area contributed by atoms with Gasteiger partial charge in [-0.05, 0) is 36.8 Å². The average Bonchev–Trinajstić information content (AvgIpc) is 3.03. The number of hydrogen-bond acceptors (Lipinski definition) is 2. The zero-order valence-electron chi connectivity index (χ0n) is 14.2. The van der Waals surface area contributed by atoms with Crippen molar-refractivity contribution >= 4 is 22.5 Å². The Hall–Kier alpha value is -3.15. The molecule has 0 atom stereocenters. The van der Waals surface area contributed by atoms with Gasteiger partial charge in [0.25, 0.3) is 0 Å². The van der Waals surface area contributed by atoms with Crippen LogP contribution in [0.4, 0.5) is 14.5 Å². The molecule has 1 heterocycles. The predicted molar refractivity (Wildman–Crippen MR) is 98.3 cm³/mol. The summed E-state index contributed by atoms with van der Waals surface area (Å²) in [5, 5.41) is 3.23. The Kier molecular flexibility index (Phi) is 5.02. The fraction of sp³-hybridized carbons (Fsp3) is 0.150. The van der Waals surface area contributed by atoms with Crippen LogP contribution >= 0.6 is 0 Å². The first kappa shape index (κ1) is 17.7. The van der Waals surface area contributed by atoms with E-state index in [-0.39, 0.29) is 5.91 Å². The third kappa shape index (κ3) is 3.44. The van der Waals surface area contributed by atoms with Gasteiger partial charge in [0.15, 0.2) is 11.6 Å². The molecule has 0 aliphatic heterocycles. The number of carbonyl (C=O) groups excluding carboxylic acids is 1. The summed E-state index contributed by atoms with van der Waals surface area (Å²) in [6, 6.07) is 7.45. The van der Waals surface area contributed by atoms with E-state index in [0.717, 1.165) is 24.6 Å². The molecule has 2 N–H and O–H groups in total. The molecule has 1 amide bonds. The van der Waals surface area contributed by atoms with Crippen LogP contribution < -0.4 is 10.1 Å². The Bertz CT molecular complexity index is 979. The third-order valence-electron chi connectivity index (χ3n) is 3.92. The van der Waals surface area contributed by atoms with E-state index in [0.29, 0.717) is 40.1 Å². The topological polar surface area (TPSA) is 54.1 Å². The molecular formula is C20H18F2N2O2. The number of anilines is 1. The average molecular weight is 356 g/mol. The van der Waals surface area contributed by atoms with Crippen molar-refractivity contribution in [3.63, 3.8) is 0 Å². The van der Waals surface area contributed by atoms with Crippen molar-refractivity contribution in [3.05, 3.63) is 60.8 Å². The van der Waals surface area contributed by atoms with Crippen molar-refractivity contribution in [3.8, 4) is 16.9 Å². The minimum absolute atomic E-state index is 0.370. The first-order valence-electron chi connectivity index (χ1n) is 8.20. The fourth-order valence-electron chi connectivity index (χ4n) is 2.69. The largest absolute Gasteiger partial charge is 0.494 e. The van der Waals surface area contributed by atoms with Crippen LogP contribution in [-0.2, 0) is 4.79 Å². The summed E-state index contributed by atoms with van der Waals surface area (Å²) < 4.78 is 32.9. The van der Waals surface area contributed by atoms with Crippen LogP contribution in [0.25, 0.3) is 22.0 Å². The molecule has 0 saturated carbocycles. The lowest BCUT2D eigenvalue weighted by atomic mass is 10.0. The lowest BCUT2D eigenvalue weighted by Crippen LogP contribution is -2.08. The van der Waals surface area contributed by atoms with Crippen LogP contribution in [0.3, 0.4) is 0 Å². The summed E-state index contributed by atoms with van der Waals surface area (Å²) in [6.45, 7) is 5.99. The Labute approximate surface area is 149 Å². The number of H-pyrrole nitrogens is 1. The van der Waals surface area contributed by atoms with Crippen molar-refractivity contribution < 1.29 is 18.3 Å². The van der Waals surface area contributed by atoms with E-state index in [2.05, 4.69) is 16.9 Å². The van der Waals surface area contributed by atoms with Crippen LogP contribution in [0.1, 0.15) is 13.3 Å². The van der Waals surface area contributed by atoms with E-state index < -0.39 is 11.6 Å². The quantitative estimate of drug-likeness (QED) is 0.609. The monoisotopic (exact) mass is 356 g/mol. The number of fused-ring (bicyclic) bond motifs is 1. The molecule has 0 radical (unpaired) electrons. The second kappa shape index (κ2) is 7.39. The number of benzene rings is 2. The zero-order chi connectivity index (χ0) is 18.7. The van der Waals surface area contributed by atoms with Gasteiger partial charge in [-0.25, -0.2) is 8.78 Å². The number of halogens is 2. The van der Waals surface area contributed by atoms with E-state index in [4.69, 9.17) is 4.74 Å². The van der Waals surface area contributed by atoms with E-state index in [1.807, 2.05) is 6.92 Å². The number of rotatable bonds is 6. The summed E-state index contributed by atoms with van der Waals surface area (Å²) in [5.41, 5.74) is 2.23. The molecule has 26 heavy (non-hydrogen) atoms. The van der Waals surface area contributed by atoms with Gasteiger partial charge in [0.05, 0.1) is 6.61 Å². The smallest absolute Gasteiger partial charge is 0.247 e. The van der Waals surface area contributed by atoms with E-state index >= 15 is 0 Å². The number of ether oxygens (including phenoxy) is 1. The van der Waals surface area contributed by atoms with Crippen molar-refractivity contribution in [2.75, 3.05) is 11.9 Å². The van der Waals surface area contributed by atoms with E-state index in [9.17, 15) is 13.6 Å². The molecule has 2 aromatic carbocycles. The fourth-order valence-corrected chi connectivity index (χ4v) is 2.69. The lowest BCUT2D eigenvalue weighted by Gasteiger charge is -2.13. The van der Waals surface area contributed by atoms with Gasteiger partial charge in [0.1, 0.15) is 5.75 Å². The normalized spacial score (nSPS) is 10.7. The van der Waals surface area contributed by atoms with Crippen LogP contribution in [-0.4, -0.2) is 17.5 Å². The Morgan fingerprint density at radius 1 is 1.23 bits per heavy atom. The summed E-state index contributed by atoms with van der Waals surface area (Å²) in [6.07, 6.45) is 3.66. The van der Waals surface area contributed by atoms with E-state index in [1.165, 1.54) is 0 Å². The first-order valence-corrected chi connectivity index (χ1v) is 8.20. The minimum atomic E-state index is -0.937. The molecule has 3 aromatic rings. The van der Waals surface area contributed by atoms with Gasteiger partial charge in [-0.2, -0.15) is 0 Å². The molecule has 4 nitrogen and oxygen atoms in total. The first-order chi connectivity index (χ1) is 12.5. The molecule has 134 valence electrons. The van der Waals surface area contributed by atoms with Crippen molar-refractivity contribution in [2.45, 2.75) is 13.3 Å². The van der Waals surface area contributed by atoms with Crippen molar-refractivity contribution in [1.82, 2.24) is 4.98 Å². The van der Waals surface area contributed by atoms with Gasteiger partial charge in [-0.3, -0.25) is 4.79 Å². The van der Waals surface area contributed by atoms with Crippen LogP contribution in [0.15, 0.2) is 49.2 Å². The zero-order valence-corrected chi connectivity index (χ0v) is 14.2. The second-order valence-corrected chi connectivity index (χ2v) is 5.76. The lowest BCUT2D eigenvalue weighted by molar-refractivity contribution is -0.111. The maximum Gasteiger partial charge on any atom is 0.247 e. The molecule has 0 fully saturated rings. The summed E-state index contributed by atoms with van der Waals surface area (Å²) in [5.74, 6) is -1.61. The van der Waals surface area contributed by atoms with Gasteiger partial charge >= 0.3 is 0 Å². The highest BCUT2D eigenvalue weighted by Gasteiger charge is 2.15. The van der Waals surface area contributed by atoms with Crippen LogP contribution in [0.5, 0.6) is 5.75 Å². The molecule has 6 heteroatoms. The van der Waals surface area contributed by atoms with Gasteiger partial charge in [-0.1, -0.05) is 13.5 Å². The molecule has 0 aliphatic rings. The highest BCUT2D eigenvalue weighted by molar-refractivity contribution is 6.05. The SMILES string of the molecule is C=CC(=O)Nc1ccc(OCCC)cc1-c1c[nH]c2cc(F)c(F)cc12. The molecule has 0 aliphatic carbocycles. The second-order valence-electron chi connectivity index (χ2n) is 5.76. The maximum atomic E-state index is 13.7. The third-order valence-corrected chi connectivity index (χ3v) is 3.92. The number of hydrogen-bond donors (Lipinski definition) is 2. The summed E-state index contributed by atoms with van der Waals surface area (Å²) >= 11 is 0. The Morgan fingerprint density at radius 3 is 2.73 bits per heavy atom. The van der Waals surface area contributed by atoms with Gasteiger partial charge < -0.3 is 15.0 Å². The molecular weight excluding hydrogens is 338 g/mol. The Morgan fingerprint density at radius 2 is 2.00 bits per heavy atom. The highest BCUT2D eigenvalue weighted by Crippen LogP contribution is 2.37. The number of amides is 1. The van der Waals surface area contributed by atoms with Crippen LogP contribution in [0, 0.1) is 11.6 Å². The van der Waals surface area contributed by atoms with Gasteiger partial charge in [0.2, 0.25) is 5.91 Å². The molecule has 0 saturated heterocycles. The predicted octanol–water partition coefficient (Wildman–Crippen LogP) is 5.03. The van der Waals surface area contributed by atoms with Crippen LogP contribution in [0.2, 0.25) is 0 Å². The Balaban J connectivity index is 2.15. The highest BCUT2D eigenvalue weighted by atomic mass is 19.2. The van der Waals surface area contributed by atoms with Gasteiger partial charge in [-0.15, -0.1) is 0 Å². The molecule has 1 aromatic heterocycles.